The molecule has 1 aliphatic heterocycles. The minimum absolute atomic E-state index is 0. The lowest BCUT2D eigenvalue weighted by atomic mass is 10.0. The Kier molecular flexibility index (Phi) is 7.07. The fraction of sp³-hybridized carbons (Fsp3) is 0.500. The highest BCUT2D eigenvalue weighted by atomic mass is 127. The van der Waals surface area contributed by atoms with Gasteiger partial charge < -0.3 is 11.1 Å². The van der Waals surface area contributed by atoms with Crippen LogP contribution in [-0.2, 0) is 10.0 Å². The molecule has 0 atom stereocenters. The number of nitrogens with one attached hydrogen (secondary N) is 1. The number of rotatable bonds is 5. The molecule has 0 bridgehead atoms. The SMILES string of the molecule is CCS(=O)(=O)N1CC(CN=C(N)Nc2cccc(C)c2)C1.I. The van der Waals surface area contributed by atoms with Gasteiger partial charge in [-0.1, -0.05) is 12.1 Å². The maximum Gasteiger partial charge on any atom is 0.213 e. The molecule has 6 nitrogen and oxygen atoms in total. The summed E-state index contributed by atoms with van der Waals surface area (Å²) in [5.74, 6) is 0.765. The first-order valence-electron chi connectivity index (χ1n) is 7.02. The van der Waals surface area contributed by atoms with Gasteiger partial charge in [-0.25, -0.2) is 12.7 Å². The first-order valence-corrected chi connectivity index (χ1v) is 8.63. The number of nitrogens with two attached hydrogens (primary N) is 1. The number of benzene rings is 1. The Bertz CT molecular complexity index is 627. The van der Waals surface area contributed by atoms with Gasteiger partial charge in [-0.15, -0.1) is 24.0 Å². The van der Waals surface area contributed by atoms with Crippen LogP contribution in [0.5, 0.6) is 0 Å². The fourth-order valence-corrected chi connectivity index (χ4v) is 3.43. The van der Waals surface area contributed by atoms with E-state index in [1.165, 1.54) is 4.31 Å². The van der Waals surface area contributed by atoms with Crippen molar-refractivity contribution in [2.24, 2.45) is 16.6 Å². The van der Waals surface area contributed by atoms with Gasteiger partial charge in [0.15, 0.2) is 5.96 Å². The van der Waals surface area contributed by atoms with Crippen molar-refractivity contribution in [2.75, 3.05) is 30.7 Å². The van der Waals surface area contributed by atoms with E-state index >= 15 is 0 Å². The molecule has 1 aromatic carbocycles. The summed E-state index contributed by atoms with van der Waals surface area (Å²) in [4.78, 5) is 4.28. The van der Waals surface area contributed by atoms with E-state index in [4.69, 9.17) is 5.73 Å². The van der Waals surface area contributed by atoms with E-state index in [0.717, 1.165) is 11.3 Å². The van der Waals surface area contributed by atoms with Crippen LogP contribution in [0.4, 0.5) is 5.69 Å². The molecular formula is C14H23IN4O2S. The van der Waals surface area contributed by atoms with Crippen molar-refractivity contribution in [3.8, 4) is 0 Å². The van der Waals surface area contributed by atoms with Crippen LogP contribution < -0.4 is 11.1 Å². The maximum atomic E-state index is 11.6. The third-order valence-electron chi connectivity index (χ3n) is 3.49. The van der Waals surface area contributed by atoms with Crippen LogP contribution in [0.15, 0.2) is 29.3 Å². The monoisotopic (exact) mass is 438 g/mol. The molecule has 3 N–H and O–H groups in total. The predicted molar refractivity (Wildman–Crippen MR) is 101 cm³/mol. The normalized spacial score (nSPS) is 16.7. The van der Waals surface area contributed by atoms with Gasteiger partial charge in [-0.3, -0.25) is 4.99 Å². The van der Waals surface area contributed by atoms with Crippen LogP contribution in [0, 0.1) is 12.8 Å². The largest absolute Gasteiger partial charge is 0.370 e. The van der Waals surface area contributed by atoms with E-state index in [1.54, 1.807) is 6.92 Å². The average Bonchev–Trinajstić information content (AvgIpc) is 2.36. The second kappa shape index (κ2) is 8.11. The van der Waals surface area contributed by atoms with E-state index in [-0.39, 0.29) is 35.6 Å². The second-order valence-corrected chi connectivity index (χ2v) is 7.56. The second-order valence-electron chi connectivity index (χ2n) is 5.30. The molecule has 2 rings (SSSR count). The number of sulfonamides is 1. The smallest absolute Gasteiger partial charge is 0.213 e. The molecule has 1 aromatic rings. The summed E-state index contributed by atoms with van der Waals surface area (Å²) in [6, 6.07) is 7.87. The van der Waals surface area contributed by atoms with Crippen LogP contribution in [0.1, 0.15) is 12.5 Å². The molecule has 22 heavy (non-hydrogen) atoms. The predicted octanol–water partition coefficient (Wildman–Crippen LogP) is 1.62. The van der Waals surface area contributed by atoms with E-state index in [2.05, 4.69) is 10.3 Å². The van der Waals surface area contributed by atoms with Crippen molar-refractivity contribution in [1.82, 2.24) is 4.31 Å². The zero-order valence-electron chi connectivity index (χ0n) is 12.8. The molecular weight excluding hydrogens is 415 g/mol. The molecule has 0 aliphatic carbocycles. The Morgan fingerprint density at radius 1 is 1.45 bits per heavy atom. The molecule has 1 heterocycles. The highest BCUT2D eigenvalue weighted by Crippen LogP contribution is 2.20. The number of aryl methyl sites for hydroxylation is 1. The molecule has 124 valence electrons. The van der Waals surface area contributed by atoms with Gasteiger partial charge in [0, 0.05) is 31.2 Å². The Morgan fingerprint density at radius 3 is 2.73 bits per heavy atom. The van der Waals surface area contributed by atoms with Gasteiger partial charge in [0.1, 0.15) is 0 Å². The Morgan fingerprint density at radius 2 is 2.14 bits per heavy atom. The van der Waals surface area contributed by atoms with Crippen molar-refractivity contribution in [1.29, 1.82) is 0 Å². The number of hydrogen-bond acceptors (Lipinski definition) is 3. The van der Waals surface area contributed by atoms with Gasteiger partial charge >= 0.3 is 0 Å². The quantitative estimate of drug-likeness (QED) is 0.416. The van der Waals surface area contributed by atoms with E-state index < -0.39 is 10.0 Å². The highest BCUT2D eigenvalue weighted by molar-refractivity contribution is 14.0. The molecule has 1 saturated heterocycles. The summed E-state index contributed by atoms with van der Waals surface area (Å²) in [7, 11) is -3.05. The van der Waals surface area contributed by atoms with Crippen molar-refractivity contribution in [3.63, 3.8) is 0 Å². The van der Waals surface area contributed by atoms with Crippen LogP contribution in [0.3, 0.4) is 0 Å². The fourth-order valence-electron chi connectivity index (χ4n) is 2.19. The molecule has 0 aromatic heterocycles. The third-order valence-corrected chi connectivity index (χ3v) is 5.31. The molecule has 0 unspecified atom stereocenters. The number of anilines is 1. The molecule has 0 amide bonds. The van der Waals surface area contributed by atoms with Gasteiger partial charge in [-0.05, 0) is 31.5 Å². The van der Waals surface area contributed by atoms with Gasteiger partial charge in [-0.2, -0.15) is 0 Å². The number of hydrogen-bond donors (Lipinski definition) is 2. The first kappa shape index (κ1) is 19.2. The molecule has 0 radical (unpaired) electrons. The zero-order chi connectivity index (χ0) is 15.5. The zero-order valence-corrected chi connectivity index (χ0v) is 16.0. The first-order chi connectivity index (χ1) is 9.90. The minimum atomic E-state index is -3.05. The lowest BCUT2D eigenvalue weighted by molar-refractivity contribution is 0.208. The van der Waals surface area contributed by atoms with Crippen molar-refractivity contribution < 1.29 is 8.42 Å². The number of halogens is 1. The Hall–Kier alpha value is -0.870. The van der Waals surface area contributed by atoms with Crippen molar-refractivity contribution in [2.45, 2.75) is 13.8 Å². The van der Waals surface area contributed by atoms with Gasteiger partial charge in [0.05, 0.1) is 5.75 Å². The highest BCUT2D eigenvalue weighted by Gasteiger charge is 2.34. The molecule has 0 spiro atoms. The third kappa shape index (κ3) is 5.10. The lowest BCUT2D eigenvalue weighted by Crippen LogP contribution is -2.51. The number of guanidine groups is 1. The molecule has 0 saturated carbocycles. The van der Waals surface area contributed by atoms with Crippen LogP contribution in [-0.4, -0.2) is 44.1 Å². The standard InChI is InChI=1S/C14H22N4O2S.HI/c1-3-21(19,20)18-9-12(10-18)8-16-14(15)17-13-6-4-5-11(2)7-13;/h4-7,12H,3,8-10H2,1-2H3,(H3,15,16,17);1H. The summed E-state index contributed by atoms with van der Waals surface area (Å²) < 4.78 is 24.7. The van der Waals surface area contributed by atoms with Crippen molar-refractivity contribution in [3.05, 3.63) is 29.8 Å². The summed E-state index contributed by atoms with van der Waals surface area (Å²) in [6.45, 7) is 5.29. The minimum Gasteiger partial charge on any atom is -0.370 e. The Labute approximate surface area is 149 Å². The van der Waals surface area contributed by atoms with Crippen molar-refractivity contribution >= 4 is 45.6 Å². The maximum absolute atomic E-state index is 11.6. The van der Waals surface area contributed by atoms with Gasteiger partial charge in [0.25, 0.3) is 0 Å². The molecule has 1 fully saturated rings. The van der Waals surface area contributed by atoms with E-state index in [0.29, 0.717) is 25.6 Å². The summed E-state index contributed by atoms with van der Waals surface area (Å²) in [6.07, 6.45) is 0. The van der Waals surface area contributed by atoms with Gasteiger partial charge in [0.2, 0.25) is 10.0 Å². The average molecular weight is 438 g/mol. The van der Waals surface area contributed by atoms with Crippen LogP contribution in [0.2, 0.25) is 0 Å². The molecule has 1 aliphatic rings. The summed E-state index contributed by atoms with van der Waals surface area (Å²) in [5, 5.41) is 3.03. The number of nitrogens with zero attached hydrogens (tertiary/aromatic N) is 2. The Balaban J connectivity index is 0.00000242. The summed E-state index contributed by atoms with van der Waals surface area (Å²) >= 11 is 0. The van der Waals surface area contributed by atoms with Crippen LogP contribution >= 0.6 is 24.0 Å². The van der Waals surface area contributed by atoms with Crippen LogP contribution in [0.25, 0.3) is 0 Å². The van der Waals surface area contributed by atoms with E-state index in [9.17, 15) is 8.42 Å². The lowest BCUT2D eigenvalue weighted by Gasteiger charge is -2.37. The van der Waals surface area contributed by atoms with E-state index in [1.807, 2.05) is 31.2 Å². The number of aliphatic imine (C=N–C) groups is 1. The topological polar surface area (TPSA) is 87.8 Å². The summed E-state index contributed by atoms with van der Waals surface area (Å²) in [5.41, 5.74) is 7.88. The molecule has 8 heteroatoms.